The van der Waals surface area contributed by atoms with E-state index in [9.17, 15) is 16.8 Å². The normalized spacial score (nSPS) is 12.2. The van der Waals surface area contributed by atoms with E-state index in [1.807, 2.05) is 6.92 Å². The van der Waals surface area contributed by atoms with Crippen LogP contribution < -0.4 is 9.46 Å². The van der Waals surface area contributed by atoms with Gasteiger partial charge in [0.2, 0.25) is 10.0 Å². The van der Waals surface area contributed by atoms with Gasteiger partial charge in [0.05, 0.1) is 17.2 Å². The van der Waals surface area contributed by atoms with E-state index < -0.39 is 20.0 Å². The van der Waals surface area contributed by atoms with E-state index >= 15 is 0 Å². The van der Waals surface area contributed by atoms with Crippen LogP contribution in [0, 0.1) is 13.8 Å². The molecule has 0 spiro atoms. The Bertz CT molecular complexity index is 1050. The monoisotopic (exact) mass is 412 g/mol. The average molecular weight is 413 g/mol. The Morgan fingerprint density at radius 3 is 2.19 bits per heavy atom. The number of rotatable bonds is 7. The van der Waals surface area contributed by atoms with Crippen LogP contribution in [0.25, 0.3) is 0 Å². The van der Waals surface area contributed by atoms with E-state index in [0.29, 0.717) is 5.56 Å². The summed E-state index contributed by atoms with van der Waals surface area (Å²) in [5.74, 6) is 0.167. The molecule has 0 heterocycles. The maximum Gasteiger partial charge on any atom is 0.262 e. The van der Waals surface area contributed by atoms with Crippen LogP contribution in [0.2, 0.25) is 0 Å². The third kappa shape index (κ3) is 4.60. The van der Waals surface area contributed by atoms with Gasteiger partial charge in [0.1, 0.15) is 10.6 Å². The molecule has 0 atom stereocenters. The minimum atomic E-state index is -3.87. The van der Waals surface area contributed by atoms with Crippen LogP contribution in [0.5, 0.6) is 5.75 Å². The first kappa shape index (κ1) is 21.2. The molecule has 2 rings (SSSR count). The van der Waals surface area contributed by atoms with E-state index in [1.165, 1.54) is 38.4 Å². The lowest BCUT2D eigenvalue weighted by atomic mass is 10.2. The van der Waals surface area contributed by atoms with Gasteiger partial charge in [-0.2, -0.15) is 0 Å². The third-order valence-corrected chi connectivity index (χ3v) is 7.25. The van der Waals surface area contributed by atoms with Gasteiger partial charge in [-0.3, -0.25) is 4.72 Å². The largest absolute Gasteiger partial charge is 0.492 e. The van der Waals surface area contributed by atoms with Crippen molar-refractivity contribution in [2.24, 2.45) is 0 Å². The summed E-state index contributed by atoms with van der Waals surface area (Å²) in [6, 6.07) is 9.19. The fourth-order valence-corrected chi connectivity index (χ4v) is 4.88. The zero-order chi connectivity index (χ0) is 20.4. The maximum atomic E-state index is 12.7. The summed E-state index contributed by atoms with van der Waals surface area (Å²) in [6.07, 6.45) is 0. The van der Waals surface area contributed by atoms with Crippen molar-refractivity contribution >= 4 is 25.7 Å². The Balaban J connectivity index is 2.51. The number of hydrogen-bond acceptors (Lipinski definition) is 5. The Morgan fingerprint density at radius 2 is 1.63 bits per heavy atom. The molecule has 2 aromatic rings. The first-order valence-electron chi connectivity index (χ1n) is 8.28. The Hall–Kier alpha value is -2.10. The Kier molecular flexibility index (Phi) is 6.18. The number of hydrogen-bond donors (Lipinski definition) is 1. The Labute approximate surface area is 161 Å². The van der Waals surface area contributed by atoms with E-state index in [0.717, 1.165) is 9.87 Å². The molecule has 27 heavy (non-hydrogen) atoms. The first-order chi connectivity index (χ1) is 12.5. The van der Waals surface area contributed by atoms with Crippen molar-refractivity contribution in [1.29, 1.82) is 0 Å². The highest BCUT2D eigenvalue weighted by atomic mass is 32.2. The molecule has 0 saturated heterocycles. The van der Waals surface area contributed by atoms with Crippen molar-refractivity contribution in [3.8, 4) is 5.75 Å². The van der Waals surface area contributed by atoms with Gasteiger partial charge in [0, 0.05) is 14.1 Å². The lowest BCUT2D eigenvalue weighted by Crippen LogP contribution is -2.23. The van der Waals surface area contributed by atoms with Crippen LogP contribution in [-0.2, 0) is 20.0 Å². The number of nitrogens with one attached hydrogen (secondary N) is 1. The fourth-order valence-electron chi connectivity index (χ4n) is 2.56. The molecule has 9 heteroatoms. The molecule has 0 fully saturated rings. The molecule has 0 saturated carbocycles. The zero-order valence-corrected chi connectivity index (χ0v) is 17.6. The molecule has 1 N–H and O–H groups in total. The van der Waals surface area contributed by atoms with Gasteiger partial charge >= 0.3 is 0 Å². The number of benzene rings is 2. The number of nitrogens with zero attached hydrogens (tertiary/aromatic N) is 1. The van der Waals surface area contributed by atoms with Crippen molar-refractivity contribution in [2.75, 3.05) is 25.4 Å². The van der Waals surface area contributed by atoms with Crippen molar-refractivity contribution in [2.45, 2.75) is 30.6 Å². The highest BCUT2D eigenvalue weighted by Gasteiger charge is 2.24. The van der Waals surface area contributed by atoms with Gasteiger partial charge in [-0.05, 0) is 50.6 Å². The third-order valence-electron chi connectivity index (χ3n) is 3.87. The molecule has 0 aliphatic carbocycles. The first-order valence-corrected chi connectivity index (χ1v) is 11.2. The molecule has 7 nitrogen and oxygen atoms in total. The van der Waals surface area contributed by atoms with E-state index in [1.54, 1.807) is 26.0 Å². The molecule has 0 aliphatic rings. The predicted octanol–water partition coefficient (Wildman–Crippen LogP) is 2.75. The maximum absolute atomic E-state index is 12.7. The van der Waals surface area contributed by atoms with Gasteiger partial charge in [0.25, 0.3) is 10.0 Å². The summed E-state index contributed by atoms with van der Waals surface area (Å²) in [5, 5.41) is 0. The number of ether oxygens (including phenoxy) is 1. The second-order valence-electron chi connectivity index (χ2n) is 6.26. The predicted molar refractivity (Wildman–Crippen MR) is 105 cm³/mol. The molecule has 0 aromatic heterocycles. The van der Waals surface area contributed by atoms with E-state index in [2.05, 4.69) is 4.72 Å². The van der Waals surface area contributed by atoms with Crippen molar-refractivity contribution in [3.05, 3.63) is 47.5 Å². The molecule has 2 aromatic carbocycles. The van der Waals surface area contributed by atoms with Crippen LogP contribution >= 0.6 is 0 Å². The van der Waals surface area contributed by atoms with Gasteiger partial charge in [-0.1, -0.05) is 17.7 Å². The van der Waals surface area contributed by atoms with Crippen molar-refractivity contribution < 1.29 is 21.6 Å². The highest BCUT2D eigenvalue weighted by molar-refractivity contribution is 7.92. The number of aryl methyl sites for hydroxylation is 2. The van der Waals surface area contributed by atoms with Gasteiger partial charge in [-0.25, -0.2) is 21.1 Å². The summed E-state index contributed by atoms with van der Waals surface area (Å²) in [4.78, 5) is 0.0363. The second-order valence-corrected chi connectivity index (χ2v) is 10.0. The average Bonchev–Trinajstić information content (AvgIpc) is 2.55. The number of anilines is 1. The zero-order valence-electron chi connectivity index (χ0n) is 16.0. The molecule has 0 unspecified atom stereocenters. The minimum Gasteiger partial charge on any atom is -0.492 e. The lowest BCUT2D eigenvalue weighted by Gasteiger charge is -2.17. The van der Waals surface area contributed by atoms with E-state index in [-0.39, 0.29) is 27.8 Å². The summed E-state index contributed by atoms with van der Waals surface area (Å²) in [6.45, 7) is 5.61. The number of sulfonamides is 2. The summed E-state index contributed by atoms with van der Waals surface area (Å²) in [7, 11) is -4.88. The smallest absolute Gasteiger partial charge is 0.262 e. The standard InChI is InChI=1S/C18H24N2O5S2/c1-6-25-16-9-8-15(12-18(16)27(23,24)20(4)5)19-26(21,22)17-10-7-13(2)11-14(17)3/h7-12,19H,6H2,1-5H3. The van der Waals surface area contributed by atoms with Crippen molar-refractivity contribution in [1.82, 2.24) is 4.31 Å². The van der Waals surface area contributed by atoms with Crippen LogP contribution in [0.3, 0.4) is 0 Å². The molecule has 0 aliphatic heterocycles. The van der Waals surface area contributed by atoms with Crippen LogP contribution in [0.4, 0.5) is 5.69 Å². The van der Waals surface area contributed by atoms with Gasteiger partial charge < -0.3 is 4.74 Å². The van der Waals surface area contributed by atoms with Crippen LogP contribution in [-0.4, -0.2) is 41.8 Å². The van der Waals surface area contributed by atoms with Gasteiger partial charge in [-0.15, -0.1) is 0 Å². The summed E-state index contributed by atoms with van der Waals surface area (Å²) in [5.41, 5.74) is 1.69. The molecule has 0 amide bonds. The minimum absolute atomic E-state index is 0.102. The van der Waals surface area contributed by atoms with E-state index in [4.69, 9.17) is 4.74 Å². The van der Waals surface area contributed by atoms with Gasteiger partial charge in [0.15, 0.2) is 0 Å². The summed E-state index contributed by atoms with van der Waals surface area (Å²) >= 11 is 0. The molecule has 0 radical (unpaired) electrons. The van der Waals surface area contributed by atoms with Crippen LogP contribution in [0.15, 0.2) is 46.2 Å². The topological polar surface area (TPSA) is 92.8 Å². The Morgan fingerprint density at radius 1 is 0.963 bits per heavy atom. The molecular weight excluding hydrogens is 388 g/mol. The van der Waals surface area contributed by atoms with Crippen LogP contribution in [0.1, 0.15) is 18.1 Å². The molecule has 0 bridgehead atoms. The molecular formula is C18H24N2O5S2. The highest BCUT2D eigenvalue weighted by Crippen LogP contribution is 2.30. The second kappa shape index (κ2) is 7.87. The lowest BCUT2D eigenvalue weighted by molar-refractivity contribution is 0.330. The summed E-state index contributed by atoms with van der Waals surface area (Å²) < 4.78 is 59.5. The quantitative estimate of drug-likeness (QED) is 0.755. The molecule has 148 valence electrons. The van der Waals surface area contributed by atoms with Crippen molar-refractivity contribution in [3.63, 3.8) is 0 Å². The fraction of sp³-hybridized carbons (Fsp3) is 0.333. The SMILES string of the molecule is CCOc1ccc(NS(=O)(=O)c2ccc(C)cc2C)cc1S(=O)(=O)N(C)C.